The van der Waals surface area contributed by atoms with E-state index in [9.17, 15) is 14.4 Å². The number of benzene rings is 1. The molecule has 0 saturated carbocycles. The van der Waals surface area contributed by atoms with Gasteiger partial charge in [-0.15, -0.1) is 0 Å². The first-order valence-corrected chi connectivity index (χ1v) is 10.6. The summed E-state index contributed by atoms with van der Waals surface area (Å²) in [6.45, 7) is 8.13. The molecule has 1 saturated heterocycles. The molecule has 0 bridgehead atoms. The smallest absolute Gasteiger partial charge is 0.407 e. The molecule has 2 rings (SSSR count). The van der Waals surface area contributed by atoms with E-state index in [0.717, 1.165) is 25.8 Å². The van der Waals surface area contributed by atoms with Crippen LogP contribution in [0.15, 0.2) is 24.3 Å². The fraction of sp³-hybridized carbons (Fsp3) is 0.591. The third kappa shape index (κ3) is 8.45. The van der Waals surface area contributed by atoms with Crippen molar-refractivity contribution in [3.63, 3.8) is 0 Å². The van der Waals surface area contributed by atoms with E-state index < -0.39 is 23.6 Å². The van der Waals surface area contributed by atoms with Crippen LogP contribution in [0.25, 0.3) is 0 Å². The second-order valence-electron chi connectivity index (χ2n) is 8.70. The molecule has 0 aromatic heterocycles. The summed E-state index contributed by atoms with van der Waals surface area (Å²) in [6.07, 6.45) is 2.35. The number of hydrogen-bond acceptors (Lipinski definition) is 6. The Bertz CT molecular complexity index is 760. The number of alkyl carbamates (subject to hydrolysis) is 1. The van der Waals surface area contributed by atoms with Gasteiger partial charge in [-0.05, 0) is 71.3 Å². The van der Waals surface area contributed by atoms with E-state index >= 15 is 0 Å². The number of nitrogens with one attached hydrogen (secondary N) is 3. The Kier molecular flexibility index (Phi) is 8.67. The van der Waals surface area contributed by atoms with Gasteiger partial charge in [-0.3, -0.25) is 15.0 Å². The van der Waals surface area contributed by atoms with Crippen LogP contribution in [-0.2, 0) is 9.53 Å². The normalized spacial score (nSPS) is 17.9. The Morgan fingerprint density at radius 3 is 2.45 bits per heavy atom. The lowest BCUT2D eigenvalue weighted by atomic mass is 9.96. The van der Waals surface area contributed by atoms with Crippen molar-refractivity contribution in [2.75, 3.05) is 25.5 Å². The van der Waals surface area contributed by atoms with Crippen molar-refractivity contribution in [2.24, 2.45) is 0 Å². The maximum atomic E-state index is 12.4. The predicted molar refractivity (Wildman–Crippen MR) is 118 cm³/mol. The lowest BCUT2D eigenvalue weighted by molar-refractivity contribution is -0.122. The third-order valence-corrected chi connectivity index (χ3v) is 4.93. The Morgan fingerprint density at radius 1 is 1.16 bits per heavy atom. The highest BCUT2D eigenvalue weighted by Crippen LogP contribution is 2.20. The van der Waals surface area contributed by atoms with Crippen LogP contribution in [0.1, 0.15) is 47.0 Å². The maximum absolute atomic E-state index is 12.4. The van der Waals surface area contributed by atoms with Crippen molar-refractivity contribution in [2.45, 2.75) is 64.6 Å². The largest absolute Gasteiger partial charge is 0.497 e. The highest BCUT2D eigenvalue weighted by molar-refractivity contribution is 6.01. The quantitative estimate of drug-likeness (QED) is 0.635. The van der Waals surface area contributed by atoms with Crippen molar-refractivity contribution >= 4 is 23.7 Å². The zero-order valence-corrected chi connectivity index (χ0v) is 19.0. The van der Waals surface area contributed by atoms with Crippen molar-refractivity contribution in [1.82, 2.24) is 15.5 Å². The zero-order chi connectivity index (χ0) is 23.0. The first-order valence-electron chi connectivity index (χ1n) is 10.6. The molecule has 4 amide bonds. The number of imide groups is 1. The topological polar surface area (TPSA) is 109 Å². The third-order valence-electron chi connectivity index (χ3n) is 4.93. The number of likely N-dealkylation sites (tertiary alicyclic amines) is 1. The fourth-order valence-corrected chi connectivity index (χ4v) is 3.56. The zero-order valence-electron chi connectivity index (χ0n) is 19.0. The second kappa shape index (κ2) is 11.0. The Balaban J connectivity index is 1.87. The van der Waals surface area contributed by atoms with Gasteiger partial charge in [-0.2, -0.15) is 0 Å². The fourth-order valence-electron chi connectivity index (χ4n) is 3.56. The van der Waals surface area contributed by atoms with E-state index in [1.165, 1.54) is 0 Å². The van der Waals surface area contributed by atoms with E-state index in [0.29, 0.717) is 11.4 Å². The molecule has 1 aromatic carbocycles. The number of carbonyl (C=O) groups excluding carboxylic acids is 3. The van der Waals surface area contributed by atoms with E-state index in [1.807, 2.05) is 32.6 Å². The summed E-state index contributed by atoms with van der Waals surface area (Å²) < 4.78 is 10.4. The van der Waals surface area contributed by atoms with Gasteiger partial charge in [0.05, 0.1) is 13.7 Å². The predicted octanol–water partition coefficient (Wildman–Crippen LogP) is 3.11. The highest BCUT2D eigenvalue weighted by atomic mass is 16.6. The number of rotatable bonds is 6. The molecule has 9 heteroatoms. The average molecular weight is 435 g/mol. The van der Waals surface area contributed by atoms with Crippen molar-refractivity contribution < 1.29 is 23.9 Å². The standard InChI is InChI=1S/C22H34N4O5/c1-15(23-21(29)31-22(2,3)4)18-8-6-7-13-26(18)14-19(27)25-20(28)24-16-9-11-17(30-5)12-10-16/h9-12,15,18H,6-8,13-14H2,1-5H3,(H,23,29)(H2,24,25,27,28). The Morgan fingerprint density at radius 2 is 1.84 bits per heavy atom. The Hall–Kier alpha value is -2.81. The van der Waals surface area contributed by atoms with Crippen LogP contribution in [0.4, 0.5) is 15.3 Å². The number of hydrogen-bond donors (Lipinski definition) is 3. The van der Waals surface area contributed by atoms with Gasteiger partial charge in [0, 0.05) is 17.8 Å². The van der Waals surface area contributed by atoms with Crippen molar-refractivity contribution in [1.29, 1.82) is 0 Å². The molecule has 1 aliphatic heterocycles. The van der Waals surface area contributed by atoms with E-state index in [1.54, 1.807) is 31.4 Å². The minimum Gasteiger partial charge on any atom is -0.497 e. The number of nitrogens with zero attached hydrogens (tertiary/aromatic N) is 1. The summed E-state index contributed by atoms with van der Waals surface area (Å²) >= 11 is 0. The summed E-state index contributed by atoms with van der Waals surface area (Å²) in [7, 11) is 1.56. The average Bonchev–Trinajstić information content (AvgIpc) is 2.67. The molecule has 0 radical (unpaired) electrons. The molecular formula is C22H34N4O5. The van der Waals surface area contributed by atoms with Crippen LogP contribution < -0.4 is 20.7 Å². The van der Waals surface area contributed by atoms with Gasteiger partial charge in [0.1, 0.15) is 11.4 Å². The van der Waals surface area contributed by atoms with Gasteiger partial charge in [0.25, 0.3) is 0 Å². The molecule has 2 unspecified atom stereocenters. The Labute approximate surface area is 183 Å². The van der Waals surface area contributed by atoms with E-state index in [4.69, 9.17) is 9.47 Å². The van der Waals surface area contributed by atoms with Gasteiger partial charge in [0.2, 0.25) is 5.91 Å². The summed E-state index contributed by atoms with van der Waals surface area (Å²) in [4.78, 5) is 38.7. The van der Waals surface area contributed by atoms with Gasteiger partial charge in [0.15, 0.2) is 0 Å². The molecule has 0 aliphatic carbocycles. The number of methoxy groups -OCH3 is 1. The van der Waals surface area contributed by atoms with Crippen LogP contribution in [0.2, 0.25) is 0 Å². The van der Waals surface area contributed by atoms with E-state index in [-0.39, 0.29) is 18.6 Å². The van der Waals surface area contributed by atoms with Gasteiger partial charge < -0.3 is 20.1 Å². The molecular weight excluding hydrogens is 400 g/mol. The van der Waals surface area contributed by atoms with Crippen LogP contribution in [0.5, 0.6) is 5.75 Å². The van der Waals surface area contributed by atoms with Gasteiger partial charge in [-0.25, -0.2) is 9.59 Å². The number of ether oxygens (including phenoxy) is 2. The van der Waals surface area contributed by atoms with Gasteiger partial charge >= 0.3 is 12.1 Å². The molecule has 2 atom stereocenters. The van der Waals surface area contributed by atoms with Crippen molar-refractivity contribution in [3.05, 3.63) is 24.3 Å². The van der Waals surface area contributed by atoms with Crippen LogP contribution in [0.3, 0.4) is 0 Å². The number of carbonyl (C=O) groups is 3. The monoisotopic (exact) mass is 434 g/mol. The minimum atomic E-state index is -0.594. The molecule has 0 spiro atoms. The summed E-state index contributed by atoms with van der Waals surface area (Å²) in [5.74, 6) is 0.273. The number of piperidine rings is 1. The second-order valence-corrected chi connectivity index (χ2v) is 8.70. The lowest BCUT2D eigenvalue weighted by Crippen LogP contribution is -2.55. The summed E-state index contributed by atoms with van der Waals surface area (Å²) in [5.41, 5.74) is -0.0233. The summed E-state index contributed by atoms with van der Waals surface area (Å²) in [5, 5.41) is 7.85. The van der Waals surface area contributed by atoms with Gasteiger partial charge in [-0.1, -0.05) is 6.42 Å². The minimum absolute atomic E-state index is 0.0170. The molecule has 1 aromatic rings. The lowest BCUT2D eigenvalue weighted by Gasteiger charge is -2.39. The molecule has 3 N–H and O–H groups in total. The highest BCUT2D eigenvalue weighted by Gasteiger charge is 2.30. The molecule has 1 heterocycles. The van der Waals surface area contributed by atoms with Crippen LogP contribution in [-0.4, -0.2) is 60.8 Å². The SMILES string of the molecule is COc1ccc(NC(=O)NC(=O)CN2CCCCC2C(C)NC(=O)OC(C)(C)C)cc1. The van der Waals surface area contributed by atoms with E-state index in [2.05, 4.69) is 16.0 Å². The number of amides is 4. The summed E-state index contributed by atoms with van der Waals surface area (Å²) in [6, 6.07) is 6.00. The molecule has 9 nitrogen and oxygen atoms in total. The molecule has 172 valence electrons. The number of urea groups is 1. The molecule has 1 aliphatic rings. The maximum Gasteiger partial charge on any atom is 0.407 e. The van der Waals surface area contributed by atoms with Crippen molar-refractivity contribution in [3.8, 4) is 5.75 Å². The molecule has 1 fully saturated rings. The molecule has 31 heavy (non-hydrogen) atoms. The van der Waals surface area contributed by atoms with Crippen LogP contribution >= 0.6 is 0 Å². The first-order chi connectivity index (χ1) is 14.6. The van der Waals surface area contributed by atoms with Crippen LogP contribution in [0, 0.1) is 0 Å². The number of anilines is 1. The first kappa shape index (κ1) is 24.5.